The van der Waals surface area contributed by atoms with E-state index in [0.717, 1.165) is 15.6 Å². The van der Waals surface area contributed by atoms with Gasteiger partial charge in [-0.15, -0.1) is 5.10 Å². The number of carbonyl (C=O) groups excluding carboxylic acids is 1. The van der Waals surface area contributed by atoms with Crippen molar-refractivity contribution in [2.24, 2.45) is 0 Å². The van der Waals surface area contributed by atoms with E-state index in [4.69, 9.17) is 4.74 Å². The van der Waals surface area contributed by atoms with Crippen LogP contribution in [0.1, 0.15) is 40.3 Å². The summed E-state index contributed by atoms with van der Waals surface area (Å²) in [6.07, 6.45) is -2.79. The summed E-state index contributed by atoms with van der Waals surface area (Å²) in [5, 5.41) is 6.34. The molecule has 0 spiro atoms. The van der Waals surface area contributed by atoms with Crippen LogP contribution in [0, 0.1) is 27.7 Å². The average Bonchev–Trinajstić information content (AvgIpc) is 3.23. The molecule has 1 N–H and O–H groups in total. The Hall–Kier alpha value is -4.02. The van der Waals surface area contributed by atoms with Crippen molar-refractivity contribution in [1.82, 2.24) is 24.6 Å². The molecule has 4 rings (SSSR count). The summed E-state index contributed by atoms with van der Waals surface area (Å²) in [5.74, 6) is -0.806. The summed E-state index contributed by atoms with van der Waals surface area (Å²) in [7, 11) is 0. The number of anilines is 1. The van der Waals surface area contributed by atoms with Gasteiger partial charge in [-0.25, -0.2) is 14.5 Å². The molecule has 35 heavy (non-hydrogen) atoms. The van der Waals surface area contributed by atoms with Gasteiger partial charge in [0.2, 0.25) is 11.8 Å². The minimum atomic E-state index is -4.67. The van der Waals surface area contributed by atoms with Gasteiger partial charge < -0.3 is 10.1 Å². The van der Waals surface area contributed by atoms with Crippen molar-refractivity contribution in [1.29, 1.82) is 0 Å². The number of nitrogens with zero attached hydrogens (tertiary/aromatic N) is 5. The van der Waals surface area contributed by atoms with Crippen LogP contribution in [0.25, 0.3) is 5.78 Å². The normalized spacial score (nSPS) is 11.6. The van der Waals surface area contributed by atoms with Gasteiger partial charge in [0, 0.05) is 24.0 Å². The Morgan fingerprint density at radius 3 is 2.60 bits per heavy atom. The predicted octanol–water partition coefficient (Wildman–Crippen LogP) is 5.14. The van der Waals surface area contributed by atoms with Crippen LogP contribution in [0.2, 0.25) is 0 Å². The lowest BCUT2D eigenvalue weighted by Crippen LogP contribution is -2.15. The highest BCUT2D eigenvalue weighted by Gasteiger charge is 2.37. The van der Waals surface area contributed by atoms with Crippen LogP contribution in [0.4, 0.5) is 18.9 Å². The zero-order chi connectivity index (χ0) is 25.3. The number of ether oxygens (including phenoxy) is 1. The molecule has 0 radical (unpaired) electrons. The molecule has 1 amide bonds. The maximum Gasteiger partial charge on any atom is 0.453 e. The molecule has 0 aliphatic heterocycles. The van der Waals surface area contributed by atoms with E-state index in [9.17, 15) is 18.0 Å². The smallest absolute Gasteiger partial charge is 0.437 e. The summed E-state index contributed by atoms with van der Waals surface area (Å²) >= 11 is 0. The van der Waals surface area contributed by atoms with Crippen molar-refractivity contribution in [3.8, 4) is 11.6 Å². The predicted molar refractivity (Wildman–Crippen MR) is 122 cm³/mol. The Morgan fingerprint density at radius 1 is 1.09 bits per heavy atom. The monoisotopic (exact) mass is 484 g/mol. The summed E-state index contributed by atoms with van der Waals surface area (Å²) in [5.41, 5.74) is 4.00. The highest BCUT2D eigenvalue weighted by atomic mass is 19.4. The number of benzene rings is 1. The summed E-state index contributed by atoms with van der Waals surface area (Å²) in [4.78, 5) is 24.6. The number of carbonyl (C=O) groups is 1. The molecular weight excluding hydrogens is 461 g/mol. The highest BCUT2D eigenvalue weighted by Crippen LogP contribution is 2.31. The van der Waals surface area contributed by atoms with E-state index in [1.54, 1.807) is 32.2 Å². The molecule has 3 heterocycles. The molecule has 0 aliphatic rings. The second-order valence-corrected chi connectivity index (χ2v) is 8.11. The standard InChI is InChI=1S/C24H23F3N6O2/c1-13-7-5-9-19(14(13)2)35-21-18(8-6-12-28-21)30-20(34)11-10-17-15(3)29-23-31-22(24(25,26)27)32-33(23)16(17)4/h5-9,12H,10-11H2,1-4H3,(H,30,34). The van der Waals surface area contributed by atoms with Gasteiger partial charge in [-0.3, -0.25) is 4.79 Å². The van der Waals surface area contributed by atoms with Crippen LogP contribution in [0.5, 0.6) is 11.6 Å². The second-order valence-electron chi connectivity index (χ2n) is 8.11. The van der Waals surface area contributed by atoms with Crippen molar-refractivity contribution in [3.63, 3.8) is 0 Å². The largest absolute Gasteiger partial charge is 0.453 e. The molecule has 1 aromatic carbocycles. The van der Waals surface area contributed by atoms with Gasteiger partial charge in [-0.05, 0) is 69.0 Å². The number of aromatic nitrogens is 5. The fraction of sp³-hybridized carbons (Fsp3) is 0.292. The van der Waals surface area contributed by atoms with Gasteiger partial charge in [0.1, 0.15) is 11.4 Å². The molecule has 0 atom stereocenters. The van der Waals surface area contributed by atoms with E-state index in [2.05, 4.69) is 25.4 Å². The fourth-order valence-electron chi connectivity index (χ4n) is 3.65. The lowest BCUT2D eigenvalue weighted by Gasteiger charge is -2.14. The van der Waals surface area contributed by atoms with Crippen LogP contribution in [0.15, 0.2) is 36.5 Å². The number of fused-ring (bicyclic) bond motifs is 1. The number of nitrogens with one attached hydrogen (secondary N) is 1. The van der Waals surface area contributed by atoms with Gasteiger partial charge in [0.25, 0.3) is 11.6 Å². The van der Waals surface area contributed by atoms with Crippen LogP contribution < -0.4 is 10.1 Å². The summed E-state index contributed by atoms with van der Waals surface area (Å²) < 4.78 is 46.0. The van der Waals surface area contributed by atoms with E-state index >= 15 is 0 Å². The van der Waals surface area contributed by atoms with Crippen LogP contribution in [-0.2, 0) is 17.4 Å². The number of hydrogen-bond acceptors (Lipinski definition) is 6. The van der Waals surface area contributed by atoms with E-state index in [-0.39, 0.29) is 30.4 Å². The Labute approximate surface area is 199 Å². The topological polar surface area (TPSA) is 94.3 Å². The maximum absolute atomic E-state index is 13.0. The molecule has 4 aromatic rings. The molecule has 0 saturated heterocycles. The molecule has 0 saturated carbocycles. The highest BCUT2D eigenvalue weighted by molar-refractivity contribution is 5.92. The molecule has 0 unspecified atom stereocenters. The molecule has 8 nitrogen and oxygen atoms in total. The first-order valence-electron chi connectivity index (χ1n) is 10.8. The number of amides is 1. The van der Waals surface area contributed by atoms with E-state index < -0.39 is 12.0 Å². The summed E-state index contributed by atoms with van der Waals surface area (Å²) in [6, 6.07) is 9.04. The molecule has 182 valence electrons. The number of rotatable bonds is 6. The molecule has 3 aromatic heterocycles. The van der Waals surface area contributed by atoms with Gasteiger partial charge in [0.15, 0.2) is 0 Å². The van der Waals surface area contributed by atoms with Gasteiger partial charge in [-0.1, -0.05) is 12.1 Å². The Balaban J connectivity index is 1.50. The van der Waals surface area contributed by atoms with Gasteiger partial charge in [-0.2, -0.15) is 18.2 Å². The third kappa shape index (κ3) is 5.08. The first-order chi connectivity index (χ1) is 16.5. The zero-order valence-corrected chi connectivity index (χ0v) is 19.6. The lowest BCUT2D eigenvalue weighted by atomic mass is 10.1. The van der Waals surface area contributed by atoms with Crippen molar-refractivity contribution >= 4 is 17.4 Å². The minimum absolute atomic E-state index is 0.0630. The van der Waals surface area contributed by atoms with Crippen molar-refractivity contribution in [2.45, 2.75) is 46.7 Å². The third-order valence-corrected chi connectivity index (χ3v) is 5.71. The lowest BCUT2D eigenvalue weighted by molar-refractivity contribution is -0.144. The van der Waals surface area contributed by atoms with Crippen LogP contribution in [0.3, 0.4) is 0 Å². The first-order valence-corrected chi connectivity index (χ1v) is 10.8. The maximum atomic E-state index is 13.0. The average molecular weight is 484 g/mol. The van der Waals surface area contributed by atoms with E-state index in [1.165, 1.54) is 0 Å². The Morgan fingerprint density at radius 2 is 1.86 bits per heavy atom. The number of halogens is 3. The molecule has 0 fully saturated rings. The SMILES string of the molecule is Cc1cccc(Oc2ncccc2NC(=O)CCc2c(C)nc3nc(C(F)(F)F)nn3c2C)c1C. The molecule has 0 aliphatic carbocycles. The second kappa shape index (κ2) is 9.32. The number of hydrogen-bond donors (Lipinski definition) is 1. The van der Waals surface area contributed by atoms with E-state index in [1.807, 2.05) is 32.0 Å². The zero-order valence-electron chi connectivity index (χ0n) is 19.6. The number of aryl methyl sites for hydroxylation is 3. The molecule has 11 heteroatoms. The molecular formula is C24H23F3N6O2. The van der Waals surface area contributed by atoms with Crippen LogP contribution in [-0.4, -0.2) is 30.5 Å². The van der Waals surface area contributed by atoms with Crippen LogP contribution >= 0.6 is 0 Å². The Kier molecular flexibility index (Phi) is 6.42. The van der Waals surface area contributed by atoms with Gasteiger partial charge >= 0.3 is 6.18 Å². The quantitative estimate of drug-likeness (QED) is 0.408. The van der Waals surface area contributed by atoms with Crippen molar-refractivity contribution in [3.05, 3.63) is 70.4 Å². The third-order valence-electron chi connectivity index (χ3n) is 5.71. The Bertz CT molecular complexity index is 1410. The van der Waals surface area contributed by atoms with Gasteiger partial charge in [0.05, 0.1) is 0 Å². The van der Waals surface area contributed by atoms with E-state index in [0.29, 0.717) is 28.4 Å². The molecule has 0 bridgehead atoms. The van der Waals surface area contributed by atoms with Crippen molar-refractivity contribution in [2.75, 3.05) is 5.32 Å². The first kappa shape index (κ1) is 24.1. The minimum Gasteiger partial charge on any atom is -0.437 e. The fourth-order valence-corrected chi connectivity index (χ4v) is 3.65. The number of pyridine rings is 1. The van der Waals surface area contributed by atoms with Crippen molar-refractivity contribution < 1.29 is 22.7 Å². The number of alkyl halides is 3. The summed E-state index contributed by atoms with van der Waals surface area (Å²) in [6.45, 7) is 7.21.